The van der Waals surface area contributed by atoms with Crippen molar-refractivity contribution in [2.45, 2.75) is 0 Å². The second-order valence-corrected chi connectivity index (χ2v) is 3.62. The van der Waals surface area contributed by atoms with Gasteiger partial charge in [-0.1, -0.05) is 48.5 Å². The van der Waals surface area contributed by atoms with Crippen LogP contribution in [0.15, 0.2) is 54.6 Å². The van der Waals surface area contributed by atoms with Crippen molar-refractivity contribution >= 4 is 11.8 Å². The average molecular weight is 242 g/mol. The maximum atomic E-state index is 12.2. The summed E-state index contributed by atoms with van der Waals surface area (Å²) >= 11 is 0. The molecule has 90 valence electrons. The van der Waals surface area contributed by atoms with E-state index in [4.69, 9.17) is 5.26 Å². The van der Waals surface area contributed by atoms with Crippen LogP contribution >= 0.6 is 0 Å². The van der Waals surface area contributed by atoms with Gasteiger partial charge in [-0.05, 0) is 6.07 Å². The van der Waals surface area contributed by atoms with Gasteiger partial charge in [-0.3, -0.25) is 9.68 Å². The summed E-state index contributed by atoms with van der Waals surface area (Å²) in [6.45, 7) is 0. The molecular weight excluding hydrogens is 232 g/mol. The lowest BCUT2D eigenvalue weighted by Gasteiger charge is -2.05. The van der Waals surface area contributed by atoms with E-state index in [0.717, 1.165) is 0 Å². The van der Waals surface area contributed by atoms with Gasteiger partial charge in [-0.2, -0.15) is 5.26 Å². The molecule has 4 nitrogen and oxygen atoms in total. The van der Waals surface area contributed by atoms with Gasteiger partial charge in [0, 0.05) is 11.1 Å². The van der Waals surface area contributed by atoms with Crippen molar-refractivity contribution in [3.05, 3.63) is 71.3 Å². The Morgan fingerprint density at radius 2 is 1.39 bits per heavy atom. The topological polar surface area (TPSA) is 63.6 Å². The minimum atomic E-state index is -0.949. The second-order valence-electron chi connectivity index (χ2n) is 3.62. The van der Waals surface area contributed by atoms with Crippen LogP contribution in [0.5, 0.6) is 0 Å². The molecule has 0 amide bonds. The van der Waals surface area contributed by atoms with E-state index in [0.29, 0.717) is 5.56 Å². The summed E-state index contributed by atoms with van der Waals surface area (Å²) in [7, 11) is 0. The molecule has 0 fully saturated rings. The number of carbonyl (C=O) groups is 2. The fourth-order valence-corrected chi connectivity index (χ4v) is 1.65. The minimum absolute atomic E-state index is 0.0360. The molecule has 0 unspecified atom stereocenters. The highest BCUT2D eigenvalue weighted by molar-refractivity contribution is 6.14. The van der Waals surface area contributed by atoms with Crippen molar-refractivity contribution in [3.8, 4) is 0 Å². The molecule has 1 N–H and O–H groups in total. The van der Waals surface area contributed by atoms with E-state index < -0.39 is 5.97 Å². The molecule has 0 atom stereocenters. The predicted octanol–water partition coefficient (Wildman–Crippen LogP) is 2.55. The van der Waals surface area contributed by atoms with Crippen LogP contribution in [0.25, 0.3) is 0 Å². The number of rotatable bonds is 3. The Kier molecular flexibility index (Phi) is 3.50. The van der Waals surface area contributed by atoms with E-state index in [9.17, 15) is 9.59 Å². The Morgan fingerprint density at radius 1 is 0.833 bits per heavy atom. The normalized spacial score (nSPS) is 9.83. The summed E-state index contributed by atoms with van der Waals surface area (Å²) in [5, 5.41) is 8.40. The Labute approximate surface area is 103 Å². The van der Waals surface area contributed by atoms with Gasteiger partial charge < -0.3 is 0 Å². The van der Waals surface area contributed by atoms with Crippen LogP contribution < -0.4 is 0 Å². The third-order valence-electron chi connectivity index (χ3n) is 2.51. The van der Waals surface area contributed by atoms with Gasteiger partial charge in [0.15, 0.2) is 5.78 Å². The largest absolute Gasteiger partial charge is 0.373 e. The molecule has 0 aliphatic rings. The Bertz CT molecular complexity index is 575. The zero-order chi connectivity index (χ0) is 13.0. The van der Waals surface area contributed by atoms with Gasteiger partial charge in [0.2, 0.25) is 0 Å². The molecule has 0 saturated heterocycles. The highest BCUT2D eigenvalue weighted by Gasteiger charge is 2.18. The van der Waals surface area contributed by atoms with Crippen molar-refractivity contribution < 1.29 is 19.7 Å². The van der Waals surface area contributed by atoms with Crippen LogP contribution in [0.1, 0.15) is 26.3 Å². The molecule has 2 rings (SSSR count). The van der Waals surface area contributed by atoms with E-state index in [1.165, 1.54) is 12.1 Å². The molecule has 2 aromatic rings. The smallest absolute Gasteiger partial charge is 0.295 e. The molecule has 0 radical (unpaired) electrons. The first-order valence-corrected chi connectivity index (χ1v) is 5.28. The average Bonchev–Trinajstić information content (AvgIpc) is 2.46. The van der Waals surface area contributed by atoms with E-state index >= 15 is 0 Å². The molecule has 0 aromatic heterocycles. The molecule has 0 aliphatic heterocycles. The summed E-state index contributed by atoms with van der Waals surface area (Å²) in [4.78, 5) is 27.2. The van der Waals surface area contributed by atoms with Gasteiger partial charge in [0.25, 0.3) is 0 Å². The Morgan fingerprint density at radius 3 is 2.00 bits per heavy atom. The third kappa shape index (κ3) is 2.28. The molecule has 0 heterocycles. The maximum Gasteiger partial charge on any atom is 0.373 e. The monoisotopic (exact) mass is 242 g/mol. The van der Waals surface area contributed by atoms with Crippen LogP contribution in [0.3, 0.4) is 0 Å². The molecule has 0 aliphatic carbocycles. The lowest BCUT2D eigenvalue weighted by atomic mass is 9.98. The molecular formula is C14H10O4. The van der Waals surface area contributed by atoms with Gasteiger partial charge in [0.05, 0.1) is 5.56 Å². The van der Waals surface area contributed by atoms with Crippen LogP contribution in [0, 0.1) is 0 Å². The van der Waals surface area contributed by atoms with E-state index in [1.54, 1.807) is 42.5 Å². The summed E-state index contributed by atoms with van der Waals surface area (Å²) in [6.07, 6.45) is 0. The van der Waals surface area contributed by atoms with Gasteiger partial charge >= 0.3 is 5.97 Å². The number of benzene rings is 2. The maximum absolute atomic E-state index is 12.2. The number of carbonyl (C=O) groups excluding carboxylic acids is 2. The number of hydrogen-bond acceptors (Lipinski definition) is 4. The first kappa shape index (κ1) is 12.0. The molecule has 0 bridgehead atoms. The summed E-state index contributed by atoms with van der Waals surface area (Å²) < 4.78 is 0. The number of hydrogen-bond donors (Lipinski definition) is 1. The fraction of sp³-hybridized carbons (Fsp3) is 0. The molecule has 18 heavy (non-hydrogen) atoms. The summed E-state index contributed by atoms with van der Waals surface area (Å²) in [6, 6.07) is 14.8. The van der Waals surface area contributed by atoms with Crippen LogP contribution in [-0.4, -0.2) is 17.0 Å². The zero-order valence-corrected chi connectivity index (χ0v) is 9.37. The van der Waals surface area contributed by atoms with E-state index in [2.05, 4.69) is 4.89 Å². The van der Waals surface area contributed by atoms with Crippen LogP contribution in [0.4, 0.5) is 0 Å². The SMILES string of the molecule is O=C(OO)c1ccccc1C(=O)c1ccccc1. The lowest BCUT2D eigenvalue weighted by molar-refractivity contribution is -0.182. The molecule has 0 spiro atoms. The first-order chi connectivity index (χ1) is 8.74. The van der Waals surface area contributed by atoms with Crippen LogP contribution in [-0.2, 0) is 4.89 Å². The molecule has 2 aromatic carbocycles. The van der Waals surface area contributed by atoms with Crippen molar-refractivity contribution in [3.63, 3.8) is 0 Å². The first-order valence-electron chi connectivity index (χ1n) is 5.28. The summed E-state index contributed by atoms with van der Waals surface area (Å²) in [5.41, 5.74) is 0.701. The van der Waals surface area contributed by atoms with Crippen molar-refractivity contribution in [2.75, 3.05) is 0 Å². The molecule has 0 saturated carbocycles. The van der Waals surface area contributed by atoms with E-state index in [1.807, 2.05) is 0 Å². The second kappa shape index (κ2) is 5.25. The van der Waals surface area contributed by atoms with Gasteiger partial charge in [-0.15, -0.1) is 0 Å². The predicted molar refractivity (Wildman–Crippen MR) is 64.4 cm³/mol. The summed E-state index contributed by atoms with van der Waals surface area (Å²) in [5.74, 6) is -1.24. The Balaban J connectivity index is 2.46. The van der Waals surface area contributed by atoms with E-state index in [-0.39, 0.29) is 16.9 Å². The number of ketones is 1. The highest BCUT2D eigenvalue weighted by atomic mass is 17.1. The van der Waals surface area contributed by atoms with Gasteiger partial charge in [-0.25, -0.2) is 4.79 Å². The van der Waals surface area contributed by atoms with Crippen molar-refractivity contribution in [1.29, 1.82) is 0 Å². The quantitative estimate of drug-likeness (QED) is 0.510. The Hall–Kier alpha value is -2.46. The molecule has 4 heteroatoms. The lowest BCUT2D eigenvalue weighted by Crippen LogP contribution is -2.11. The fourth-order valence-electron chi connectivity index (χ4n) is 1.65. The standard InChI is InChI=1S/C14H10O4/c15-13(10-6-2-1-3-7-10)11-8-4-5-9-12(11)14(16)18-17/h1-9,17H. The van der Waals surface area contributed by atoms with Gasteiger partial charge in [0.1, 0.15) is 0 Å². The minimum Gasteiger partial charge on any atom is -0.295 e. The van der Waals surface area contributed by atoms with Crippen LogP contribution in [0.2, 0.25) is 0 Å². The highest BCUT2D eigenvalue weighted by Crippen LogP contribution is 2.15. The van der Waals surface area contributed by atoms with Crippen molar-refractivity contribution in [1.82, 2.24) is 0 Å². The van der Waals surface area contributed by atoms with Crippen molar-refractivity contribution in [2.24, 2.45) is 0 Å². The third-order valence-corrected chi connectivity index (χ3v) is 2.51. The zero-order valence-electron chi connectivity index (χ0n) is 9.37.